The number of ether oxygens (including phenoxy) is 1. The lowest BCUT2D eigenvalue weighted by Crippen LogP contribution is -2.20. The van der Waals surface area contributed by atoms with Crippen molar-refractivity contribution in [3.63, 3.8) is 0 Å². The Kier molecular flexibility index (Phi) is 3.21. The van der Waals surface area contributed by atoms with Gasteiger partial charge < -0.3 is 10.5 Å². The van der Waals surface area contributed by atoms with Crippen molar-refractivity contribution in [1.29, 1.82) is 0 Å². The van der Waals surface area contributed by atoms with Gasteiger partial charge >= 0.3 is 0 Å². The summed E-state index contributed by atoms with van der Waals surface area (Å²) in [5, 5.41) is 4.38. The zero-order valence-electron chi connectivity index (χ0n) is 11.0. The minimum absolute atomic E-state index is 0.000428. The number of hydrogen-bond donors (Lipinski definition) is 1. The molecule has 100 valence electrons. The summed E-state index contributed by atoms with van der Waals surface area (Å²) in [6.07, 6.45) is 6.83. The van der Waals surface area contributed by atoms with Gasteiger partial charge in [-0.15, -0.1) is 0 Å². The van der Waals surface area contributed by atoms with E-state index in [4.69, 9.17) is 10.5 Å². The molecule has 0 radical (unpaired) electrons. The van der Waals surface area contributed by atoms with Crippen molar-refractivity contribution >= 4 is 5.69 Å². The highest BCUT2D eigenvalue weighted by molar-refractivity contribution is 5.72. The second-order valence-corrected chi connectivity index (χ2v) is 4.87. The number of hydrogen-bond acceptors (Lipinski definition) is 4. The third kappa shape index (κ3) is 2.21. The van der Waals surface area contributed by atoms with Crippen molar-refractivity contribution in [3.05, 3.63) is 30.1 Å². The zero-order chi connectivity index (χ0) is 13.2. The van der Waals surface area contributed by atoms with E-state index >= 15 is 0 Å². The van der Waals surface area contributed by atoms with Gasteiger partial charge in [0.2, 0.25) is 0 Å². The molecule has 1 fully saturated rings. The van der Waals surface area contributed by atoms with Crippen LogP contribution in [0.15, 0.2) is 24.5 Å². The van der Waals surface area contributed by atoms with Crippen LogP contribution < -0.4 is 5.73 Å². The van der Waals surface area contributed by atoms with Crippen LogP contribution in [0.5, 0.6) is 0 Å². The van der Waals surface area contributed by atoms with Crippen molar-refractivity contribution in [1.82, 2.24) is 14.8 Å². The molecule has 1 aliphatic heterocycles. The van der Waals surface area contributed by atoms with Gasteiger partial charge in [-0.2, -0.15) is 5.10 Å². The first kappa shape index (κ1) is 12.2. The Labute approximate surface area is 112 Å². The molecule has 1 aliphatic rings. The number of nitrogens with two attached hydrogens (primary N) is 1. The molecule has 1 atom stereocenters. The molecule has 1 unspecified atom stereocenters. The lowest BCUT2D eigenvalue weighted by molar-refractivity contribution is -0.0384. The first-order valence-electron chi connectivity index (χ1n) is 6.64. The average molecular weight is 258 g/mol. The van der Waals surface area contributed by atoms with Crippen molar-refractivity contribution in [3.8, 4) is 11.4 Å². The van der Waals surface area contributed by atoms with Crippen molar-refractivity contribution in [2.45, 2.75) is 32.4 Å². The molecule has 2 N–H and O–H groups in total. The summed E-state index contributed by atoms with van der Waals surface area (Å²) in [4.78, 5) is 4.40. The number of aromatic nitrogens is 3. The van der Waals surface area contributed by atoms with E-state index in [0.29, 0.717) is 5.69 Å². The Morgan fingerprint density at radius 3 is 3.00 bits per heavy atom. The fourth-order valence-corrected chi connectivity index (χ4v) is 2.42. The molecular formula is C14H18N4O. The smallest absolute Gasteiger partial charge is 0.150 e. The number of nitrogens with zero attached hydrogens (tertiary/aromatic N) is 3. The molecule has 0 saturated carbocycles. The SMILES string of the molecule is Cc1ccnc(-c2ccnn2C2CCCCO2)c1N. The first-order valence-corrected chi connectivity index (χ1v) is 6.64. The van der Waals surface area contributed by atoms with E-state index in [1.54, 1.807) is 12.4 Å². The maximum absolute atomic E-state index is 6.13. The number of pyridine rings is 1. The van der Waals surface area contributed by atoms with E-state index < -0.39 is 0 Å². The van der Waals surface area contributed by atoms with Gasteiger partial charge in [-0.25, -0.2) is 4.68 Å². The lowest BCUT2D eigenvalue weighted by atomic mass is 10.1. The maximum Gasteiger partial charge on any atom is 0.150 e. The second-order valence-electron chi connectivity index (χ2n) is 4.87. The van der Waals surface area contributed by atoms with Gasteiger partial charge in [-0.3, -0.25) is 4.98 Å². The Morgan fingerprint density at radius 1 is 1.32 bits per heavy atom. The maximum atomic E-state index is 6.13. The predicted octanol–water partition coefficient (Wildman–Crippen LogP) is 2.53. The predicted molar refractivity (Wildman–Crippen MR) is 73.4 cm³/mol. The van der Waals surface area contributed by atoms with Crippen LogP contribution >= 0.6 is 0 Å². The van der Waals surface area contributed by atoms with Gasteiger partial charge in [0.25, 0.3) is 0 Å². The summed E-state index contributed by atoms with van der Waals surface area (Å²) in [7, 11) is 0. The number of rotatable bonds is 2. The quantitative estimate of drug-likeness (QED) is 0.899. The Bertz CT molecular complexity index is 573. The number of aryl methyl sites for hydroxylation is 1. The summed E-state index contributed by atoms with van der Waals surface area (Å²) < 4.78 is 7.69. The highest BCUT2D eigenvalue weighted by atomic mass is 16.5. The third-order valence-electron chi connectivity index (χ3n) is 3.55. The standard InChI is InChI=1S/C14H18N4O/c1-10-5-7-16-14(13(10)15)11-6-8-17-18(11)12-4-2-3-9-19-12/h5-8,12H,2-4,9,15H2,1H3. The minimum atomic E-state index is 0.000428. The van der Waals surface area contributed by atoms with Crippen LogP contribution in [0.3, 0.4) is 0 Å². The molecule has 0 amide bonds. The summed E-state index contributed by atoms with van der Waals surface area (Å²) in [5.41, 5.74) is 9.57. The van der Waals surface area contributed by atoms with Gasteiger partial charge in [-0.05, 0) is 43.9 Å². The first-order chi connectivity index (χ1) is 9.27. The molecule has 2 aromatic rings. The molecule has 0 spiro atoms. The minimum Gasteiger partial charge on any atom is -0.397 e. The summed E-state index contributed by atoms with van der Waals surface area (Å²) in [5.74, 6) is 0. The van der Waals surface area contributed by atoms with Crippen LogP contribution in [-0.4, -0.2) is 21.4 Å². The molecule has 5 heteroatoms. The fourth-order valence-electron chi connectivity index (χ4n) is 2.42. The highest BCUT2D eigenvalue weighted by Gasteiger charge is 2.21. The molecule has 0 aromatic carbocycles. The van der Waals surface area contributed by atoms with E-state index in [1.165, 1.54) is 6.42 Å². The molecule has 5 nitrogen and oxygen atoms in total. The molecule has 0 bridgehead atoms. The van der Waals surface area contributed by atoms with E-state index in [9.17, 15) is 0 Å². The van der Waals surface area contributed by atoms with Crippen molar-refractivity contribution < 1.29 is 4.74 Å². The van der Waals surface area contributed by atoms with Crippen LogP contribution in [0.1, 0.15) is 31.1 Å². The summed E-state index contributed by atoms with van der Waals surface area (Å²) >= 11 is 0. The van der Waals surface area contributed by atoms with Crippen LogP contribution in [-0.2, 0) is 4.74 Å². The Hall–Kier alpha value is -1.88. The fraction of sp³-hybridized carbons (Fsp3) is 0.429. The van der Waals surface area contributed by atoms with Gasteiger partial charge in [0.15, 0.2) is 6.23 Å². The van der Waals surface area contributed by atoms with Crippen LogP contribution in [0.2, 0.25) is 0 Å². The van der Waals surface area contributed by atoms with Gasteiger partial charge in [0.05, 0.1) is 11.4 Å². The van der Waals surface area contributed by atoms with E-state index in [1.807, 2.05) is 23.7 Å². The number of anilines is 1. The third-order valence-corrected chi connectivity index (χ3v) is 3.55. The lowest BCUT2D eigenvalue weighted by Gasteiger charge is -2.24. The van der Waals surface area contributed by atoms with Crippen molar-refractivity contribution in [2.24, 2.45) is 0 Å². The van der Waals surface area contributed by atoms with Crippen LogP contribution in [0, 0.1) is 6.92 Å². The largest absolute Gasteiger partial charge is 0.397 e. The van der Waals surface area contributed by atoms with Crippen LogP contribution in [0.4, 0.5) is 5.69 Å². The molecule has 3 heterocycles. The van der Waals surface area contributed by atoms with Gasteiger partial charge in [0, 0.05) is 19.0 Å². The summed E-state index contributed by atoms with van der Waals surface area (Å²) in [6, 6.07) is 3.85. The molecule has 1 saturated heterocycles. The molecular weight excluding hydrogens is 240 g/mol. The van der Waals surface area contributed by atoms with Crippen molar-refractivity contribution in [2.75, 3.05) is 12.3 Å². The highest BCUT2D eigenvalue weighted by Crippen LogP contribution is 2.30. The van der Waals surface area contributed by atoms with Gasteiger partial charge in [-0.1, -0.05) is 0 Å². The second kappa shape index (κ2) is 5.01. The Balaban J connectivity index is 2.01. The summed E-state index contributed by atoms with van der Waals surface area (Å²) in [6.45, 7) is 2.78. The monoisotopic (exact) mass is 258 g/mol. The number of nitrogen functional groups attached to an aromatic ring is 1. The van der Waals surface area contributed by atoms with E-state index in [-0.39, 0.29) is 6.23 Å². The molecule has 19 heavy (non-hydrogen) atoms. The Morgan fingerprint density at radius 2 is 2.21 bits per heavy atom. The molecule has 2 aromatic heterocycles. The van der Waals surface area contributed by atoms with E-state index in [0.717, 1.165) is 36.4 Å². The zero-order valence-corrected chi connectivity index (χ0v) is 11.0. The molecule has 0 aliphatic carbocycles. The van der Waals surface area contributed by atoms with Gasteiger partial charge in [0.1, 0.15) is 5.69 Å². The average Bonchev–Trinajstić information content (AvgIpc) is 2.92. The normalized spacial score (nSPS) is 19.5. The van der Waals surface area contributed by atoms with Crippen LogP contribution in [0.25, 0.3) is 11.4 Å². The topological polar surface area (TPSA) is 66.0 Å². The van der Waals surface area contributed by atoms with E-state index in [2.05, 4.69) is 10.1 Å². The molecule has 3 rings (SSSR count).